The maximum absolute atomic E-state index is 13.4. The van der Waals surface area contributed by atoms with Crippen LogP contribution in [0.4, 0.5) is 0 Å². The Morgan fingerprint density at radius 2 is 0.833 bits per heavy atom. The molecular formula is C28H14O2. The molecule has 7 rings (SSSR count). The Morgan fingerprint density at radius 1 is 0.333 bits per heavy atom. The Labute approximate surface area is 170 Å². The van der Waals surface area contributed by atoms with Crippen LogP contribution in [0.5, 0.6) is 0 Å². The summed E-state index contributed by atoms with van der Waals surface area (Å²) >= 11 is 0. The van der Waals surface area contributed by atoms with Crippen molar-refractivity contribution in [3.05, 3.63) is 105 Å². The first kappa shape index (κ1) is 15.8. The van der Waals surface area contributed by atoms with Crippen LogP contribution in [0, 0.1) is 0 Å². The van der Waals surface area contributed by atoms with Crippen molar-refractivity contribution in [2.24, 2.45) is 0 Å². The average Bonchev–Trinajstić information content (AvgIpc) is 3.23. The second-order valence-electron chi connectivity index (χ2n) is 8.05. The van der Waals surface area contributed by atoms with Crippen LogP contribution in [0.15, 0.2) is 94.5 Å². The summed E-state index contributed by atoms with van der Waals surface area (Å²) in [5.74, 6) is 0. The first-order valence-corrected chi connectivity index (χ1v) is 10.0. The summed E-state index contributed by atoms with van der Waals surface area (Å²) in [7, 11) is 0. The van der Waals surface area contributed by atoms with Crippen LogP contribution in [0.3, 0.4) is 0 Å². The third-order valence-electron chi connectivity index (χ3n) is 6.53. The van der Waals surface area contributed by atoms with Crippen molar-refractivity contribution in [1.82, 2.24) is 0 Å². The van der Waals surface area contributed by atoms with Crippen molar-refractivity contribution in [2.45, 2.75) is 0 Å². The monoisotopic (exact) mass is 382 g/mol. The minimum absolute atomic E-state index is 0.0365. The van der Waals surface area contributed by atoms with Gasteiger partial charge in [0.05, 0.1) is 0 Å². The molecular weight excluding hydrogens is 368 g/mol. The Kier molecular flexibility index (Phi) is 2.80. The molecule has 0 saturated carbocycles. The second-order valence-corrected chi connectivity index (χ2v) is 8.05. The second kappa shape index (κ2) is 5.31. The molecule has 0 N–H and O–H groups in total. The minimum Gasteiger partial charge on any atom is -0.289 e. The molecule has 0 radical (unpaired) electrons. The Hall–Kier alpha value is -4.04. The van der Waals surface area contributed by atoms with Gasteiger partial charge in [0.2, 0.25) is 0 Å². The molecule has 0 saturated heterocycles. The number of benzene rings is 5. The molecule has 0 heterocycles. The predicted molar refractivity (Wildman–Crippen MR) is 126 cm³/mol. The van der Waals surface area contributed by atoms with Gasteiger partial charge in [0.1, 0.15) is 0 Å². The summed E-state index contributed by atoms with van der Waals surface area (Å²) in [6.45, 7) is 0. The summed E-state index contributed by atoms with van der Waals surface area (Å²) in [4.78, 5) is 26.3. The van der Waals surface area contributed by atoms with Crippen LogP contribution < -0.4 is 10.9 Å². The standard InChI is InChI=1S/C28H14O2/c29-27-19-8-4-3-7-18(19)22-13-26-23(14-25(22)27)21-11-16-10-9-15-5-1-2-6-17(15)20(16)12-24(21)28(26)30/h1-14H. The molecule has 0 bridgehead atoms. The van der Waals surface area contributed by atoms with E-state index in [2.05, 4.69) is 30.3 Å². The van der Waals surface area contributed by atoms with Crippen LogP contribution in [-0.2, 0) is 0 Å². The lowest BCUT2D eigenvalue weighted by Crippen LogP contribution is -1.95. The van der Waals surface area contributed by atoms with Crippen molar-refractivity contribution in [3.63, 3.8) is 0 Å². The maximum Gasteiger partial charge on any atom is 0.194 e. The van der Waals surface area contributed by atoms with Crippen LogP contribution in [0.25, 0.3) is 64.6 Å². The molecule has 0 aliphatic rings. The van der Waals surface area contributed by atoms with E-state index in [1.807, 2.05) is 54.6 Å². The van der Waals surface area contributed by atoms with E-state index in [1.54, 1.807) is 0 Å². The molecule has 138 valence electrons. The largest absolute Gasteiger partial charge is 0.289 e. The summed E-state index contributed by atoms with van der Waals surface area (Å²) in [5, 5.41) is 10.9. The molecule has 30 heavy (non-hydrogen) atoms. The Morgan fingerprint density at radius 3 is 1.60 bits per heavy atom. The fourth-order valence-electron chi connectivity index (χ4n) is 5.09. The number of rotatable bonds is 0. The highest BCUT2D eigenvalue weighted by molar-refractivity contribution is 6.24. The maximum atomic E-state index is 13.4. The van der Waals surface area contributed by atoms with E-state index >= 15 is 0 Å². The zero-order chi connectivity index (χ0) is 20.0. The highest BCUT2D eigenvalue weighted by atomic mass is 16.1. The van der Waals surface area contributed by atoms with Gasteiger partial charge in [0, 0.05) is 21.5 Å². The molecule has 0 atom stereocenters. The number of fused-ring (bicyclic) bond motifs is 9. The fraction of sp³-hybridized carbons (Fsp3) is 0. The van der Waals surface area contributed by atoms with E-state index in [0.29, 0.717) is 16.2 Å². The van der Waals surface area contributed by atoms with Crippen LogP contribution in [0.2, 0.25) is 0 Å². The van der Waals surface area contributed by atoms with Crippen molar-refractivity contribution < 1.29 is 0 Å². The zero-order valence-electron chi connectivity index (χ0n) is 15.9. The lowest BCUT2D eigenvalue weighted by atomic mass is 9.99. The first-order valence-electron chi connectivity index (χ1n) is 10.0. The van der Waals surface area contributed by atoms with Crippen molar-refractivity contribution in [3.8, 4) is 0 Å². The molecule has 0 aromatic heterocycles. The molecule has 7 aromatic rings. The van der Waals surface area contributed by atoms with Crippen molar-refractivity contribution in [2.75, 3.05) is 0 Å². The van der Waals surface area contributed by atoms with Crippen LogP contribution >= 0.6 is 0 Å². The van der Waals surface area contributed by atoms with Gasteiger partial charge >= 0.3 is 0 Å². The van der Waals surface area contributed by atoms with Gasteiger partial charge in [-0.2, -0.15) is 0 Å². The molecule has 2 nitrogen and oxygen atoms in total. The SMILES string of the molecule is O=c1c2ccccc2c2cc3c(=O)c4cc5c(ccc6ccccc65)cc4c3cc12. The van der Waals surface area contributed by atoms with E-state index < -0.39 is 0 Å². The summed E-state index contributed by atoms with van der Waals surface area (Å²) in [6.07, 6.45) is 0. The topological polar surface area (TPSA) is 34.1 Å². The number of hydrogen-bond acceptors (Lipinski definition) is 2. The zero-order valence-corrected chi connectivity index (χ0v) is 15.9. The van der Waals surface area contributed by atoms with E-state index in [-0.39, 0.29) is 10.9 Å². The van der Waals surface area contributed by atoms with Gasteiger partial charge in [-0.05, 0) is 67.4 Å². The van der Waals surface area contributed by atoms with Gasteiger partial charge in [-0.1, -0.05) is 60.7 Å². The van der Waals surface area contributed by atoms with Gasteiger partial charge < -0.3 is 0 Å². The van der Waals surface area contributed by atoms with E-state index in [9.17, 15) is 9.59 Å². The highest BCUT2D eigenvalue weighted by Crippen LogP contribution is 2.35. The van der Waals surface area contributed by atoms with Gasteiger partial charge in [-0.3, -0.25) is 9.59 Å². The van der Waals surface area contributed by atoms with Crippen molar-refractivity contribution >= 4 is 64.6 Å². The normalized spacial score (nSPS) is 12.3. The van der Waals surface area contributed by atoms with Crippen molar-refractivity contribution in [1.29, 1.82) is 0 Å². The van der Waals surface area contributed by atoms with Crippen LogP contribution in [-0.4, -0.2) is 0 Å². The molecule has 0 aliphatic carbocycles. The fourth-order valence-corrected chi connectivity index (χ4v) is 5.09. The van der Waals surface area contributed by atoms with E-state index in [4.69, 9.17) is 0 Å². The van der Waals surface area contributed by atoms with Gasteiger partial charge in [0.15, 0.2) is 10.9 Å². The first-order chi connectivity index (χ1) is 14.7. The molecule has 7 aromatic carbocycles. The van der Waals surface area contributed by atoms with Gasteiger partial charge in [-0.25, -0.2) is 0 Å². The third-order valence-corrected chi connectivity index (χ3v) is 6.53. The predicted octanol–water partition coefficient (Wildman–Crippen LogP) is 6.20. The Balaban J connectivity index is 1.71. The number of hydrogen-bond donors (Lipinski definition) is 0. The highest BCUT2D eigenvalue weighted by Gasteiger charge is 2.17. The molecule has 0 amide bonds. The molecule has 0 fully saturated rings. The van der Waals surface area contributed by atoms with Gasteiger partial charge in [0.25, 0.3) is 0 Å². The third kappa shape index (κ3) is 1.84. The lowest BCUT2D eigenvalue weighted by molar-refractivity contribution is 1.79. The lowest BCUT2D eigenvalue weighted by Gasteiger charge is -2.04. The van der Waals surface area contributed by atoms with Crippen LogP contribution in [0.1, 0.15) is 0 Å². The molecule has 2 heteroatoms. The molecule has 0 aliphatic heterocycles. The molecule has 0 spiro atoms. The summed E-state index contributed by atoms with van der Waals surface area (Å²) in [5.41, 5.74) is 0.0746. The summed E-state index contributed by atoms with van der Waals surface area (Å²) in [6, 6.07) is 28.1. The minimum atomic E-state index is 0.0365. The van der Waals surface area contributed by atoms with E-state index in [0.717, 1.165) is 48.5 Å². The smallest absolute Gasteiger partial charge is 0.194 e. The Bertz CT molecular complexity index is 1930. The quantitative estimate of drug-likeness (QED) is 0.293. The van der Waals surface area contributed by atoms with E-state index in [1.165, 1.54) is 0 Å². The average molecular weight is 382 g/mol. The summed E-state index contributed by atoms with van der Waals surface area (Å²) < 4.78 is 0. The molecule has 0 unspecified atom stereocenters. The van der Waals surface area contributed by atoms with Gasteiger partial charge in [-0.15, -0.1) is 0 Å².